The molecule has 0 saturated heterocycles. The van der Waals surface area contributed by atoms with Gasteiger partial charge in [-0.25, -0.2) is 4.79 Å². The smallest absolute Gasteiger partial charge is 0.317 e. The van der Waals surface area contributed by atoms with E-state index in [9.17, 15) is 9.59 Å². The van der Waals surface area contributed by atoms with Crippen molar-refractivity contribution in [3.8, 4) is 0 Å². The summed E-state index contributed by atoms with van der Waals surface area (Å²) < 4.78 is 0. The third-order valence-electron chi connectivity index (χ3n) is 4.38. The number of nitrogens with one attached hydrogen (secondary N) is 1. The lowest BCUT2D eigenvalue weighted by Crippen LogP contribution is -2.40. The van der Waals surface area contributed by atoms with Crippen molar-refractivity contribution < 1.29 is 14.7 Å². The second-order valence-corrected chi connectivity index (χ2v) is 6.71. The van der Waals surface area contributed by atoms with Gasteiger partial charge in [-0.05, 0) is 23.0 Å². The van der Waals surface area contributed by atoms with Gasteiger partial charge in [-0.1, -0.05) is 52.0 Å². The van der Waals surface area contributed by atoms with Crippen LogP contribution in [0.5, 0.6) is 0 Å². The fraction of sp³-hybridized carbons (Fsp3) is 0.556. The molecule has 2 amide bonds. The Bertz CT molecular complexity index is 538. The van der Waals surface area contributed by atoms with Gasteiger partial charge in [-0.2, -0.15) is 0 Å². The summed E-state index contributed by atoms with van der Waals surface area (Å²) in [7, 11) is 1.60. The monoisotopic (exact) mass is 320 g/mol. The van der Waals surface area contributed by atoms with Crippen molar-refractivity contribution in [2.45, 2.75) is 46.1 Å². The van der Waals surface area contributed by atoms with E-state index < -0.39 is 11.9 Å². The van der Waals surface area contributed by atoms with Crippen LogP contribution in [0.4, 0.5) is 4.79 Å². The molecule has 128 valence electrons. The Labute approximate surface area is 138 Å². The highest BCUT2D eigenvalue weighted by Gasteiger charge is 2.18. The number of hydrogen-bond acceptors (Lipinski definition) is 2. The van der Waals surface area contributed by atoms with Gasteiger partial charge in [0.2, 0.25) is 0 Å². The number of carboxylic acids is 1. The van der Waals surface area contributed by atoms with Gasteiger partial charge in [0.25, 0.3) is 0 Å². The SMILES string of the molecule is CCC(C)(C)c1ccc(CNC(=O)N(C)CC(C)C(=O)O)cc1. The second kappa shape index (κ2) is 7.99. The summed E-state index contributed by atoms with van der Waals surface area (Å²) in [6.45, 7) is 8.79. The first-order valence-corrected chi connectivity index (χ1v) is 7.98. The van der Waals surface area contributed by atoms with E-state index in [0.717, 1.165) is 12.0 Å². The van der Waals surface area contributed by atoms with Crippen LogP contribution in [0.2, 0.25) is 0 Å². The Morgan fingerprint density at radius 1 is 1.26 bits per heavy atom. The molecule has 0 aromatic heterocycles. The lowest BCUT2D eigenvalue weighted by Gasteiger charge is -2.23. The molecular weight excluding hydrogens is 292 g/mol. The van der Waals surface area contributed by atoms with E-state index in [2.05, 4.69) is 38.2 Å². The third kappa shape index (κ3) is 5.58. The summed E-state index contributed by atoms with van der Waals surface area (Å²) in [6.07, 6.45) is 1.07. The second-order valence-electron chi connectivity index (χ2n) is 6.71. The van der Waals surface area contributed by atoms with E-state index in [1.54, 1.807) is 14.0 Å². The fourth-order valence-electron chi connectivity index (χ4n) is 2.16. The lowest BCUT2D eigenvalue weighted by atomic mass is 9.82. The molecule has 5 heteroatoms. The van der Waals surface area contributed by atoms with Gasteiger partial charge in [-0.3, -0.25) is 4.79 Å². The van der Waals surface area contributed by atoms with Gasteiger partial charge in [0, 0.05) is 20.1 Å². The van der Waals surface area contributed by atoms with Crippen LogP contribution in [-0.2, 0) is 16.8 Å². The van der Waals surface area contributed by atoms with Crippen LogP contribution in [0.3, 0.4) is 0 Å². The maximum absolute atomic E-state index is 12.0. The Morgan fingerprint density at radius 2 is 1.83 bits per heavy atom. The van der Waals surface area contributed by atoms with Crippen LogP contribution >= 0.6 is 0 Å². The molecule has 1 rings (SSSR count). The summed E-state index contributed by atoms with van der Waals surface area (Å²) in [6, 6.07) is 7.97. The average Bonchev–Trinajstić information content (AvgIpc) is 2.52. The van der Waals surface area contributed by atoms with Crippen molar-refractivity contribution in [1.82, 2.24) is 10.2 Å². The van der Waals surface area contributed by atoms with E-state index in [-0.39, 0.29) is 18.0 Å². The minimum atomic E-state index is -0.904. The van der Waals surface area contributed by atoms with Crippen LogP contribution in [0, 0.1) is 5.92 Å². The molecule has 0 heterocycles. The number of urea groups is 1. The molecule has 1 aromatic carbocycles. The number of rotatable bonds is 7. The largest absolute Gasteiger partial charge is 0.481 e. The topological polar surface area (TPSA) is 69.6 Å². The summed E-state index contributed by atoms with van der Waals surface area (Å²) >= 11 is 0. The molecule has 0 fully saturated rings. The van der Waals surface area contributed by atoms with Crippen LogP contribution < -0.4 is 5.32 Å². The molecular formula is C18H28N2O3. The number of aliphatic carboxylic acids is 1. The van der Waals surface area contributed by atoms with Crippen molar-refractivity contribution in [3.05, 3.63) is 35.4 Å². The zero-order valence-corrected chi connectivity index (χ0v) is 14.7. The molecule has 1 atom stereocenters. The molecule has 0 aliphatic heterocycles. The molecule has 5 nitrogen and oxygen atoms in total. The first kappa shape index (κ1) is 19.0. The molecule has 0 radical (unpaired) electrons. The van der Waals surface area contributed by atoms with Gasteiger partial charge in [0.05, 0.1) is 5.92 Å². The number of nitrogens with zero attached hydrogens (tertiary/aromatic N) is 1. The minimum Gasteiger partial charge on any atom is -0.481 e. The van der Waals surface area contributed by atoms with Crippen LogP contribution in [0.1, 0.15) is 45.2 Å². The number of hydrogen-bond donors (Lipinski definition) is 2. The Balaban J connectivity index is 2.55. The standard InChI is InChI=1S/C18H28N2O3/c1-6-18(3,4)15-9-7-14(8-10-15)11-19-17(23)20(5)12-13(2)16(21)22/h7-10,13H,6,11-12H2,1-5H3,(H,19,23)(H,21,22). The summed E-state index contributed by atoms with van der Waals surface area (Å²) in [4.78, 5) is 24.2. The molecule has 23 heavy (non-hydrogen) atoms. The Kier molecular flexibility index (Phi) is 6.61. The van der Waals surface area contributed by atoms with Crippen LogP contribution in [0.25, 0.3) is 0 Å². The summed E-state index contributed by atoms with van der Waals surface area (Å²) in [5.74, 6) is -1.49. The van der Waals surface area contributed by atoms with Crippen molar-refractivity contribution in [2.75, 3.05) is 13.6 Å². The molecule has 1 unspecified atom stereocenters. The van der Waals surface area contributed by atoms with E-state index >= 15 is 0 Å². The van der Waals surface area contributed by atoms with Crippen molar-refractivity contribution in [3.63, 3.8) is 0 Å². The van der Waals surface area contributed by atoms with E-state index in [1.807, 2.05) is 12.1 Å². The van der Waals surface area contributed by atoms with Crippen molar-refractivity contribution in [2.24, 2.45) is 5.92 Å². The van der Waals surface area contributed by atoms with Gasteiger partial charge in [-0.15, -0.1) is 0 Å². The van der Waals surface area contributed by atoms with Crippen molar-refractivity contribution in [1.29, 1.82) is 0 Å². The van der Waals surface area contributed by atoms with Gasteiger partial charge < -0.3 is 15.3 Å². The molecule has 2 N–H and O–H groups in total. The van der Waals surface area contributed by atoms with Crippen LogP contribution in [0.15, 0.2) is 24.3 Å². The first-order valence-electron chi connectivity index (χ1n) is 7.98. The zero-order valence-electron chi connectivity index (χ0n) is 14.7. The zero-order chi connectivity index (χ0) is 17.6. The highest BCUT2D eigenvalue weighted by Crippen LogP contribution is 2.26. The lowest BCUT2D eigenvalue weighted by molar-refractivity contribution is -0.141. The minimum absolute atomic E-state index is 0.148. The maximum atomic E-state index is 12.0. The van der Waals surface area contributed by atoms with Gasteiger partial charge in [0.15, 0.2) is 0 Å². The van der Waals surface area contributed by atoms with Crippen LogP contribution in [-0.4, -0.2) is 35.6 Å². The molecule has 0 spiro atoms. The van der Waals surface area contributed by atoms with E-state index in [1.165, 1.54) is 10.5 Å². The number of carbonyl (C=O) groups is 2. The summed E-state index contributed by atoms with van der Waals surface area (Å²) in [5, 5.41) is 11.7. The number of carboxylic acid groups (broad SMARTS) is 1. The Morgan fingerprint density at radius 3 is 2.30 bits per heavy atom. The highest BCUT2D eigenvalue weighted by molar-refractivity contribution is 5.75. The van der Waals surface area contributed by atoms with Crippen molar-refractivity contribution >= 4 is 12.0 Å². The maximum Gasteiger partial charge on any atom is 0.317 e. The average molecular weight is 320 g/mol. The van der Waals surface area contributed by atoms with Gasteiger partial charge in [0.1, 0.15) is 0 Å². The number of carbonyl (C=O) groups excluding carboxylic acids is 1. The Hall–Kier alpha value is -2.04. The first-order chi connectivity index (χ1) is 10.7. The molecule has 0 bridgehead atoms. The van der Waals surface area contributed by atoms with E-state index in [0.29, 0.717) is 6.54 Å². The predicted molar refractivity (Wildman–Crippen MR) is 91.4 cm³/mol. The third-order valence-corrected chi connectivity index (χ3v) is 4.38. The number of benzene rings is 1. The highest BCUT2D eigenvalue weighted by atomic mass is 16.4. The normalized spacial score (nSPS) is 12.6. The molecule has 0 aliphatic rings. The van der Waals surface area contributed by atoms with E-state index in [4.69, 9.17) is 5.11 Å². The summed E-state index contributed by atoms with van der Waals surface area (Å²) in [5.41, 5.74) is 2.45. The molecule has 0 aliphatic carbocycles. The van der Waals surface area contributed by atoms with Gasteiger partial charge >= 0.3 is 12.0 Å². The number of amides is 2. The fourth-order valence-corrected chi connectivity index (χ4v) is 2.16. The molecule has 1 aromatic rings. The molecule has 0 saturated carbocycles. The quantitative estimate of drug-likeness (QED) is 0.810. The predicted octanol–water partition coefficient (Wildman–Crippen LogP) is 3.24.